The molecule has 3 aromatic rings. The Balaban J connectivity index is 1.85. The van der Waals surface area contributed by atoms with Crippen molar-refractivity contribution in [3.05, 3.63) is 82.1 Å². The summed E-state index contributed by atoms with van der Waals surface area (Å²) in [4.78, 5) is 0.0984. The van der Waals surface area contributed by atoms with E-state index in [2.05, 4.69) is 62.2 Å². The van der Waals surface area contributed by atoms with Gasteiger partial charge in [0.15, 0.2) is 0 Å². The van der Waals surface area contributed by atoms with Gasteiger partial charge in [-0.05, 0) is 56.4 Å². The quantitative estimate of drug-likeness (QED) is 0.439. The average molecular weight is 408 g/mol. The highest BCUT2D eigenvalue weighted by atomic mass is 79.9. The van der Waals surface area contributed by atoms with E-state index in [1.165, 1.54) is 16.3 Å². The van der Waals surface area contributed by atoms with Gasteiger partial charge in [-0.1, -0.05) is 64.5 Å². The van der Waals surface area contributed by atoms with Gasteiger partial charge in [-0.25, -0.2) is 4.39 Å². The van der Waals surface area contributed by atoms with E-state index in [0.29, 0.717) is 4.47 Å². The van der Waals surface area contributed by atoms with E-state index in [0.717, 1.165) is 12.0 Å². The van der Waals surface area contributed by atoms with Gasteiger partial charge in [0.1, 0.15) is 5.82 Å². The fourth-order valence-electron chi connectivity index (χ4n) is 2.40. The summed E-state index contributed by atoms with van der Waals surface area (Å²) in [7, 11) is 0. The summed E-state index contributed by atoms with van der Waals surface area (Å²) in [6.07, 6.45) is 0.825. The van der Waals surface area contributed by atoms with Crippen LogP contribution in [0.1, 0.15) is 16.0 Å². The Bertz CT molecular complexity index is 783. The Morgan fingerprint density at radius 1 is 0.905 bits per heavy atom. The van der Waals surface area contributed by atoms with Crippen molar-refractivity contribution < 1.29 is 4.39 Å². The van der Waals surface area contributed by atoms with E-state index in [-0.39, 0.29) is 10.6 Å². The Morgan fingerprint density at radius 3 is 2.43 bits per heavy atom. The molecule has 0 saturated carbocycles. The summed E-state index contributed by atoms with van der Waals surface area (Å²) < 4.78 is 14.1. The van der Waals surface area contributed by atoms with Crippen molar-refractivity contribution in [3.63, 3.8) is 0 Å². The molecule has 3 heteroatoms. The molecule has 106 valence electrons. The standard InChI is InChI=1S/C18H13Br2F/c19-16-8-7-15(11-18(16)21)17(20)10-12-5-6-13-3-1-2-4-14(13)9-12/h1-9,11,17H,10H2. The summed E-state index contributed by atoms with van der Waals surface area (Å²) in [6.45, 7) is 0. The van der Waals surface area contributed by atoms with Crippen molar-refractivity contribution in [3.8, 4) is 0 Å². The van der Waals surface area contributed by atoms with E-state index in [1.807, 2.05) is 18.2 Å². The van der Waals surface area contributed by atoms with Gasteiger partial charge in [0.25, 0.3) is 0 Å². The monoisotopic (exact) mass is 406 g/mol. The van der Waals surface area contributed by atoms with E-state index < -0.39 is 0 Å². The molecule has 0 aliphatic heterocycles. The first-order valence-corrected chi connectivity index (χ1v) is 8.41. The number of alkyl halides is 1. The van der Waals surface area contributed by atoms with E-state index >= 15 is 0 Å². The highest BCUT2D eigenvalue weighted by molar-refractivity contribution is 9.10. The first-order valence-electron chi connectivity index (χ1n) is 6.70. The maximum absolute atomic E-state index is 13.6. The van der Waals surface area contributed by atoms with Crippen LogP contribution in [0.15, 0.2) is 65.1 Å². The molecule has 0 radical (unpaired) electrons. The van der Waals surface area contributed by atoms with Crippen molar-refractivity contribution in [1.82, 2.24) is 0 Å². The molecule has 0 spiro atoms. The lowest BCUT2D eigenvalue weighted by Crippen LogP contribution is -1.96. The van der Waals surface area contributed by atoms with Gasteiger partial charge in [-0.2, -0.15) is 0 Å². The van der Waals surface area contributed by atoms with Crippen molar-refractivity contribution >= 4 is 42.6 Å². The molecular weight excluding hydrogens is 395 g/mol. The van der Waals surface area contributed by atoms with Gasteiger partial charge in [0, 0.05) is 4.83 Å². The van der Waals surface area contributed by atoms with Crippen LogP contribution in [0.25, 0.3) is 10.8 Å². The zero-order valence-corrected chi connectivity index (χ0v) is 14.4. The summed E-state index contributed by atoms with van der Waals surface area (Å²) in [5.41, 5.74) is 2.18. The van der Waals surface area contributed by atoms with Crippen LogP contribution in [0, 0.1) is 5.82 Å². The predicted octanol–water partition coefficient (Wildman–Crippen LogP) is 6.42. The summed E-state index contributed by atoms with van der Waals surface area (Å²) in [5, 5.41) is 2.47. The van der Waals surface area contributed by atoms with Crippen molar-refractivity contribution in [2.24, 2.45) is 0 Å². The number of rotatable bonds is 3. The van der Waals surface area contributed by atoms with Crippen molar-refractivity contribution in [2.75, 3.05) is 0 Å². The summed E-state index contributed by atoms with van der Waals surface area (Å²) in [5.74, 6) is -0.226. The third-order valence-corrected chi connectivity index (χ3v) is 5.03. The Morgan fingerprint density at radius 2 is 1.67 bits per heavy atom. The van der Waals surface area contributed by atoms with E-state index in [4.69, 9.17) is 0 Å². The molecule has 0 saturated heterocycles. The van der Waals surface area contributed by atoms with Crippen LogP contribution in [-0.4, -0.2) is 0 Å². The van der Waals surface area contributed by atoms with Crippen molar-refractivity contribution in [2.45, 2.75) is 11.2 Å². The highest BCUT2D eigenvalue weighted by Gasteiger charge is 2.11. The molecule has 0 fully saturated rings. The second kappa shape index (κ2) is 6.29. The van der Waals surface area contributed by atoms with E-state index in [1.54, 1.807) is 12.1 Å². The molecule has 3 rings (SSSR count). The molecule has 0 heterocycles. The van der Waals surface area contributed by atoms with Crippen LogP contribution in [0.5, 0.6) is 0 Å². The second-order valence-electron chi connectivity index (χ2n) is 5.03. The SMILES string of the molecule is Fc1cc(C(Br)Cc2ccc3ccccc3c2)ccc1Br. The lowest BCUT2D eigenvalue weighted by molar-refractivity contribution is 0.618. The molecule has 0 aliphatic carbocycles. The fraction of sp³-hybridized carbons (Fsp3) is 0.111. The molecule has 0 bridgehead atoms. The highest BCUT2D eigenvalue weighted by Crippen LogP contribution is 2.30. The van der Waals surface area contributed by atoms with Crippen molar-refractivity contribution in [1.29, 1.82) is 0 Å². The van der Waals surface area contributed by atoms with Gasteiger partial charge in [0.05, 0.1) is 4.47 Å². The second-order valence-corrected chi connectivity index (χ2v) is 6.99. The Labute approximate surface area is 140 Å². The maximum atomic E-state index is 13.6. The van der Waals surface area contributed by atoms with Crippen LogP contribution >= 0.6 is 31.9 Å². The zero-order valence-electron chi connectivity index (χ0n) is 11.2. The van der Waals surface area contributed by atoms with Crippen LogP contribution in [0.2, 0.25) is 0 Å². The molecule has 3 aromatic carbocycles. The lowest BCUT2D eigenvalue weighted by atomic mass is 10.0. The van der Waals surface area contributed by atoms with Gasteiger partial charge < -0.3 is 0 Å². The summed E-state index contributed by atoms with van der Waals surface area (Å²) >= 11 is 6.85. The zero-order chi connectivity index (χ0) is 14.8. The fourth-order valence-corrected chi connectivity index (χ4v) is 3.30. The van der Waals surface area contributed by atoms with Gasteiger partial charge in [-0.15, -0.1) is 0 Å². The third kappa shape index (κ3) is 3.35. The first kappa shape index (κ1) is 14.7. The molecule has 21 heavy (non-hydrogen) atoms. The minimum Gasteiger partial charge on any atom is -0.206 e. The largest absolute Gasteiger partial charge is 0.206 e. The van der Waals surface area contributed by atoms with Gasteiger partial charge in [-0.3, -0.25) is 0 Å². The molecule has 0 amide bonds. The topological polar surface area (TPSA) is 0 Å². The van der Waals surface area contributed by atoms with E-state index in [9.17, 15) is 4.39 Å². The predicted molar refractivity (Wildman–Crippen MR) is 93.4 cm³/mol. The molecule has 1 unspecified atom stereocenters. The molecule has 0 aromatic heterocycles. The number of hydrogen-bond donors (Lipinski definition) is 0. The van der Waals surface area contributed by atoms with Crippen LogP contribution in [0.4, 0.5) is 4.39 Å². The number of benzene rings is 3. The van der Waals surface area contributed by atoms with Crippen LogP contribution in [-0.2, 0) is 6.42 Å². The first-order chi connectivity index (χ1) is 10.1. The van der Waals surface area contributed by atoms with Crippen LogP contribution in [0.3, 0.4) is 0 Å². The van der Waals surface area contributed by atoms with Crippen LogP contribution < -0.4 is 0 Å². The minimum atomic E-state index is -0.226. The van der Waals surface area contributed by atoms with Gasteiger partial charge in [0.2, 0.25) is 0 Å². The normalized spacial score (nSPS) is 12.5. The molecule has 0 nitrogen and oxygen atoms in total. The Hall–Kier alpha value is -1.19. The molecule has 0 N–H and O–H groups in total. The number of halogens is 3. The smallest absolute Gasteiger partial charge is 0.137 e. The molecular formula is C18H13Br2F. The number of fused-ring (bicyclic) bond motifs is 1. The molecule has 1 atom stereocenters. The maximum Gasteiger partial charge on any atom is 0.137 e. The third-order valence-electron chi connectivity index (χ3n) is 3.53. The average Bonchev–Trinajstić information content (AvgIpc) is 2.50. The minimum absolute atomic E-state index is 0.0984. The Kier molecular flexibility index (Phi) is 4.41. The molecule has 0 aliphatic rings. The lowest BCUT2D eigenvalue weighted by Gasteiger charge is -2.12. The van der Waals surface area contributed by atoms with Gasteiger partial charge >= 0.3 is 0 Å². The summed E-state index contributed by atoms with van der Waals surface area (Å²) in [6, 6.07) is 20.0. The number of hydrogen-bond acceptors (Lipinski definition) is 0.